The molecule has 0 aliphatic heterocycles. The van der Waals surface area contributed by atoms with Crippen molar-refractivity contribution in [2.24, 2.45) is 5.73 Å². The third-order valence-electron chi connectivity index (χ3n) is 1.32. The second-order valence-corrected chi connectivity index (χ2v) is 2.24. The Morgan fingerprint density at radius 1 is 1.50 bits per heavy atom. The summed E-state index contributed by atoms with van der Waals surface area (Å²) in [6.45, 7) is 0. The maximum atomic E-state index is 11.9. The van der Waals surface area contributed by atoms with Gasteiger partial charge in [-0.15, -0.1) is 0 Å². The van der Waals surface area contributed by atoms with Crippen molar-refractivity contribution in [1.82, 2.24) is 0 Å². The lowest BCUT2D eigenvalue weighted by Crippen LogP contribution is -2.27. The SMILES string of the molecule is NC(c1coc(O)c1)C(F)(F)F. The van der Waals surface area contributed by atoms with Crippen molar-refractivity contribution >= 4 is 0 Å². The zero-order valence-electron chi connectivity index (χ0n) is 5.80. The standard InChI is InChI=1S/C6H6F3NO2/c7-6(8,9)5(10)3-1-4(11)12-2-3/h1-2,5,11H,10H2. The van der Waals surface area contributed by atoms with Crippen LogP contribution >= 0.6 is 0 Å². The van der Waals surface area contributed by atoms with E-state index in [4.69, 9.17) is 10.8 Å². The summed E-state index contributed by atoms with van der Waals surface area (Å²) >= 11 is 0. The molecule has 1 heterocycles. The molecule has 3 nitrogen and oxygen atoms in total. The van der Waals surface area contributed by atoms with E-state index in [0.717, 1.165) is 12.3 Å². The van der Waals surface area contributed by atoms with E-state index in [0.29, 0.717) is 0 Å². The number of alkyl halides is 3. The van der Waals surface area contributed by atoms with Crippen molar-refractivity contribution in [3.05, 3.63) is 17.9 Å². The van der Waals surface area contributed by atoms with Gasteiger partial charge in [-0.05, 0) is 0 Å². The second kappa shape index (κ2) is 2.71. The lowest BCUT2D eigenvalue weighted by atomic mass is 10.1. The van der Waals surface area contributed by atoms with E-state index in [9.17, 15) is 13.2 Å². The van der Waals surface area contributed by atoms with Gasteiger partial charge in [-0.2, -0.15) is 13.2 Å². The third-order valence-corrected chi connectivity index (χ3v) is 1.32. The topological polar surface area (TPSA) is 59.4 Å². The first-order chi connectivity index (χ1) is 5.41. The van der Waals surface area contributed by atoms with Crippen LogP contribution in [0, 0.1) is 0 Å². The number of halogens is 3. The first-order valence-corrected chi connectivity index (χ1v) is 3.01. The van der Waals surface area contributed by atoms with Gasteiger partial charge in [0.25, 0.3) is 5.95 Å². The summed E-state index contributed by atoms with van der Waals surface area (Å²) in [4.78, 5) is 0. The summed E-state index contributed by atoms with van der Waals surface area (Å²) < 4.78 is 39.9. The minimum absolute atomic E-state index is 0.292. The van der Waals surface area contributed by atoms with Gasteiger partial charge in [-0.3, -0.25) is 0 Å². The number of hydrogen-bond donors (Lipinski definition) is 2. The van der Waals surface area contributed by atoms with Crippen LogP contribution in [0.15, 0.2) is 16.7 Å². The molecule has 0 radical (unpaired) electrons. The van der Waals surface area contributed by atoms with E-state index in [1.54, 1.807) is 0 Å². The Balaban J connectivity index is 2.85. The predicted octanol–water partition coefficient (Wildman–Crippen LogP) is 1.55. The number of rotatable bonds is 1. The minimum Gasteiger partial charge on any atom is -0.481 e. The zero-order chi connectivity index (χ0) is 9.35. The van der Waals surface area contributed by atoms with Gasteiger partial charge in [0.1, 0.15) is 12.3 Å². The van der Waals surface area contributed by atoms with Gasteiger partial charge >= 0.3 is 6.18 Å². The number of hydrogen-bond acceptors (Lipinski definition) is 3. The largest absolute Gasteiger partial charge is 0.481 e. The van der Waals surface area contributed by atoms with Crippen molar-refractivity contribution in [1.29, 1.82) is 0 Å². The highest BCUT2D eigenvalue weighted by molar-refractivity contribution is 5.20. The molecule has 0 saturated carbocycles. The molecule has 0 fully saturated rings. The molecule has 1 aromatic heterocycles. The molecule has 12 heavy (non-hydrogen) atoms. The van der Waals surface area contributed by atoms with Crippen molar-refractivity contribution in [2.75, 3.05) is 0 Å². The van der Waals surface area contributed by atoms with Gasteiger partial charge in [0.05, 0.1) is 0 Å². The van der Waals surface area contributed by atoms with Crippen molar-refractivity contribution in [3.8, 4) is 5.95 Å². The molecule has 1 atom stereocenters. The van der Waals surface area contributed by atoms with Crippen LogP contribution in [-0.2, 0) is 0 Å². The highest BCUT2D eigenvalue weighted by Gasteiger charge is 2.38. The van der Waals surface area contributed by atoms with Crippen LogP contribution in [0.3, 0.4) is 0 Å². The maximum absolute atomic E-state index is 11.9. The smallest absolute Gasteiger partial charge is 0.407 e. The second-order valence-electron chi connectivity index (χ2n) is 2.24. The number of furan rings is 1. The molecule has 6 heteroatoms. The molecule has 0 aliphatic carbocycles. The minimum atomic E-state index is -4.52. The molecule has 0 amide bonds. The summed E-state index contributed by atoms with van der Waals surface area (Å²) in [5, 5.41) is 8.58. The number of nitrogens with two attached hydrogens (primary N) is 1. The van der Waals surface area contributed by atoms with Crippen LogP contribution in [0.4, 0.5) is 13.2 Å². The fraction of sp³-hybridized carbons (Fsp3) is 0.333. The maximum Gasteiger partial charge on any atom is 0.407 e. The zero-order valence-corrected chi connectivity index (χ0v) is 5.80. The molecule has 0 aliphatic rings. The van der Waals surface area contributed by atoms with Crippen molar-refractivity contribution in [3.63, 3.8) is 0 Å². The van der Waals surface area contributed by atoms with Gasteiger partial charge in [0, 0.05) is 11.6 Å². The Kier molecular flexibility index (Phi) is 2.01. The Morgan fingerprint density at radius 3 is 2.42 bits per heavy atom. The monoisotopic (exact) mass is 181 g/mol. The molecule has 1 unspecified atom stereocenters. The van der Waals surface area contributed by atoms with Crippen LogP contribution in [0.1, 0.15) is 11.6 Å². The molecular weight excluding hydrogens is 175 g/mol. The van der Waals surface area contributed by atoms with Crippen LogP contribution < -0.4 is 5.73 Å². The molecule has 0 saturated heterocycles. The molecule has 1 rings (SSSR count). The summed E-state index contributed by atoms with van der Waals surface area (Å²) in [5.74, 6) is -0.579. The molecule has 0 spiro atoms. The van der Waals surface area contributed by atoms with Gasteiger partial charge < -0.3 is 15.3 Å². The Morgan fingerprint density at radius 2 is 2.08 bits per heavy atom. The predicted molar refractivity (Wildman–Crippen MR) is 33.4 cm³/mol. The van der Waals surface area contributed by atoms with Crippen LogP contribution in [0.5, 0.6) is 5.95 Å². The third kappa shape index (κ3) is 1.70. The summed E-state index contributed by atoms with van der Waals surface area (Å²) in [7, 11) is 0. The molecule has 0 aromatic carbocycles. The molecule has 1 aromatic rings. The lowest BCUT2D eigenvalue weighted by Gasteiger charge is -2.12. The number of aromatic hydroxyl groups is 1. The average Bonchev–Trinajstić information content (AvgIpc) is 2.32. The van der Waals surface area contributed by atoms with Crippen LogP contribution in [0.25, 0.3) is 0 Å². The van der Waals surface area contributed by atoms with E-state index < -0.39 is 18.2 Å². The van der Waals surface area contributed by atoms with Gasteiger partial charge in [-0.25, -0.2) is 0 Å². The lowest BCUT2D eigenvalue weighted by molar-refractivity contribution is -0.149. The summed E-state index contributed by atoms with van der Waals surface area (Å²) in [6.07, 6.45) is -3.75. The molecule has 68 valence electrons. The normalized spacial score (nSPS) is 14.7. The van der Waals surface area contributed by atoms with Crippen LogP contribution in [0.2, 0.25) is 0 Å². The first-order valence-electron chi connectivity index (χ1n) is 3.01. The Labute approximate surface area is 65.6 Å². The molecule has 3 N–H and O–H groups in total. The van der Waals surface area contributed by atoms with Gasteiger partial charge in [-0.1, -0.05) is 0 Å². The fourth-order valence-corrected chi connectivity index (χ4v) is 0.691. The highest BCUT2D eigenvalue weighted by atomic mass is 19.4. The fourth-order valence-electron chi connectivity index (χ4n) is 0.691. The van der Waals surface area contributed by atoms with Crippen molar-refractivity contribution < 1.29 is 22.7 Å². The average molecular weight is 181 g/mol. The van der Waals surface area contributed by atoms with Gasteiger partial charge in [0.15, 0.2) is 0 Å². The summed E-state index contributed by atoms with van der Waals surface area (Å²) in [5.41, 5.74) is 4.50. The van der Waals surface area contributed by atoms with E-state index in [1.165, 1.54) is 0 Å². The van der Waals surface area contributed by atoms with E-state index in [2.05, 4.69) is 4.42 Å². The van der Waals surface area contributed by atoms with Crippen molar-refractivity contribution in [2.45, 2.75) is 12.2 Å². The highest BCUT2D eigenvalue weighted by Crippen LogP contribution is 2.32. The van der Waals surface area contributed by atoms with Crippen LogP contribution in [-0.4, -0.2) is 11.3 Å². The quantitative estimate of drug-likeness (QED) is 0.690. The van der Waals surface area contributed by atoms with E-state index >= 15 is 0 Å². The Bertz CT molecular complexity index is 268. The molecule has 0 bridgehead atoms. The van der Waals surface area contributed by atoms with Gasteiger partial charge in [0.2, 0.25) is 0 Å². The molecular formula is C6H6F3NO2. The Hall–Kier alpha value is -1.17. The first kappa shape index (κ1) is 8.92. The van der Waals surface area contributed by atoms with E-state index in [1.807, 2.05) is 0 Å². The summed E-state index contributed by atoms with van der Waals surface area (Å²) in [6, 6.07) is -1.28. The van der Waals surface area contributed by atoms with E-state index in [-0.39, 0.29) is 5.56 Å².